The molecule has 1 aromatic carbocycles. The minimum Gasteiger partial charge on any atom is -0.477 e. The van der Waals surface area contributed by atoms with Gasteiger partial charge in [-0.2, -0.15) is 0 Å². The monoisotopic (exact) mass is 314 g/mol. The Hall–Kier alpha value is -2.63. The van der Waals surface area contributed by atoms with E-state index >= 15 is 0 Å². The lowest BCUT2D eigenvalue weighted by molar-refractivity contribution is 0.0692. The van der Waals surface area contributed by atoms with E-state index in [0.717, 1.165) is 33.9 Å². The first-order chi connectivity index (χ1) is 11.0. The first-order valence-corrected chi connectivity index (χ1v) is 7.63. The van der Waals surface area contributed by atoms with E-state index in [-0.39, 0.29) is 5.56 Å². The molecule has 1 aliphatic rings. The summed E-state index contributed by atoms with van der Waals surface area (Å²) in [6.45, 7) is 4.06. The van der Waals surface area contributed by atoms with Crippen molar-refractivity contribution in [2.45, 2.75) is 39.3 Å². The number of carboxylic acid groups (broad SMARTS) is 1. The molecule has 1 N–H and O–H groups in total. The molecule has 0 saturated carbocycles. The summed E-state index contributed by atoms with van der Waals surface area (Å²) < 4.78 is 2.39. The Bertz CT molecular complexity index is 908. The molecular formula is C17H18N2O4. The van der Waals surface area contributed by atoms with E-state index in [2.05, 4.69) is 0 Å². The highest BCUT2D eigenvalue weighted by atomic mass is 16.4. The highest BCUT2D eigenvalue weighted by molar-refractivity contribution is 5.86. The van der Waals surface area contributed by atoms with Crippen LogP contribution < -0.4 is 11.2 Å². The number of hydrogen-bond acceptors (Lipinski definition) is 3. The lowest BCUT2D eigenvalue weighted by atomic mass is 10.0. The molecule has 6 heteroatoms. The molecule has 120 valence electrons. The molecule has 2 aromatic rings. The molecule has 6 nitrogen and oxygen atoms in total. The number of fused-ring (bicyclic) bond motifs is 1. The van der Waals surface area contributed by atoms with Crippen LogP contribution >= 0.6 is 0 Å². The van der Waals surface area contributed by atoms with Crippen molar-refractivity contribution in [3.63, 3.8) is 0 Å². The zero-order valence-electron chi connectivity index (χ0n) is 13.1. The minimum absolute atomic E-state index is 0.312. The number of aromatic nitrogens is 2. The smallest absolute Gasteiger partial charge is 0.342 e. The van der Waals surface area contributed by atoms with Crippen molar-refractivity contribution in [2.75, 3.05) is 0 Å². The van der Waals surface area contributed by atoms with E-state index < -0.39 is 23.3 Å². The summed E-state index contributed by atoms with van der Waals surface area (Å²) in [6, 6.07) is 5.41. The van der Waals surface area contributed by atoms with E-state index in [1.807, 2.05) is 25.1 Å². The second-order valence-electron chi connectivity index (χ2n) is 5.79. The number of nitrogens with zero attached hydrogens (tertiary/aromatic N) is 2. The third kappa shape index (κ3) is 2.30. The predicted molar refractivity (Wildman–Crippen MR) is 85.2 cm³/mol. The Labute approximate surface area is 132 Å². The van der Waals surface area contributed by atoms with Gasteiger partial charge in [-0.3, -0.25) is 13.9 Å². The molecule has 23 heavy (non-hydrogen) atoms. The van der Waals surface area contributed by atoms with Crippen molar-refractivity contribution >= 4 is 5.97 Å². The van der Waals surface area contributed by atoms with Crippen molar-refractivity contribution in [1.82, 2.24) is 9.13 Å². The SMILES string of the molecule is CCn1cc(C(=O)O)c(=O)n(C2CCc3c(C)cccc32)c1=O. The van der Waals surface area contributed by atoms with Crippen molar-refractivity contribution in [2.24, 2.45) is 0 Å². The van der Waals surface area contributed by atoms with Crippen molar-refractivity contribution in [3.05, 3.63) is 67.5 Å². The summed E-state index contributed by atoms with van der Waals surface area (Å²) in [6.07, 6.45) is 2.54. The molecule has 0 amide bonds. The second-order valence-corrected chi connectivity index (χ2v) is 5.79. The molecule has 0 fully saturated rings. The van der Waals surface area contributed by atoms with Crippen LogP contribution in [0.1, 0.15) is 46.4 Å². The Morgan fingerprint density at radius 1 is 1.35 bits per heavy atom. The molecule has 0 spiro atoms. The molecule has 0 bridgehead atoms. The molecule has 1 aromatic heterocycles. The molecule has 0 radical (unpaired) electrons. The Morgan fingerprint density at radius 3 is 2.74 bits per heavy atom. The van der Waals surface area contributed by atoms with Crippen LogP contribution in [-0.4, -0.2) is 20.2 Å². The lowest BCUT2D eigenvalue weighted by Gasteiger charge is -2.17. The summed E-state index contributed by atoms with van der Waals surface area (Å²) in [7, 11) is 0. The summed E-state index contributed by atoms with van der Waals surface area (Å²) >= 11 is 0. The average Bonchev–Trinajstić information content (AvgIpc) is 2.93. The zero-order chi connectivity index (χ0) is 16.7. The molecule has 0 aliphatic heterocycles. The fraction of sp³-hybridized carbons (Fsp3) is 0.353. The number of hydrogen-bond donors (Lipinski definition) is 1. The number of aromatic carboxylic acids is 1. The Balaban J connectivity index is 2.29. The van der Waals surface area contributed by atoms with Gasteiger partial charge in [0, 0.05) is 12.7 Å². The van der Waals surface area contributed by atoms with Crippen LogP contribution in [-0.2, 0) is 13.0 Å². The highest BCUT2D eigenvalue weighted by Crippen LogP contribution is 2.34. The maximum Gasteiger partial charge on any atom is 0.342 e. The fourth-order valence-corrected chi connectivity index (χ4v) is 3.35. The molecule has 1 aliphatic carbocycles. The molecule has 1 heterocycles. The third-order valence-corrected chi connectivity index (χ3v) is 4.54. The van der Waals surface area contributed by atoms with Crippen LogP contribution in [0.15, 0.2) is 34.0 Å². The Kier molecular flexibility index (Phi) is 3.67. The van der Waals surface area contributed by atoms with E-state index in [4.69, 9.17) is 0 Å². The van der Waals surface area contributed by atoms with Crippen molar-refractivity contribution < 1.29 is 9.90 Å². The van der Waals surface area contributed by atoms with Crippen molar-refractivity contribution in [1.29, 1.82) is 0 Å². The average molecular weight is 314 g/mol. The van der Waals surface area contributed by atoms with E-state index in [1.54, 1.807) is 6.92 Å². The number of rotatable bonds is 3. The van der Waals surface area contributed by atoms with E-state index in [9.17, 15) is 19.5 Å². The maximum atomic E-state index is 12.6. The third-order valence-electron chi connectivity index (χ3n) is 4.54. The highest BCUT2D eigenvalue weighted by Gasteiger charge is 2.29. The zero-order valence-corrected chi connectivity index (χ0v) is 13.1. The number of aryl methyl sites for hydroxylation is 2. The van der Waals surface area contributed by atoms with Gasteiger partial charge < -0.3 is 5.11 Å². The first kappa shape index (κ1) is 15.3. The first-order valence-electron chi connectivity index (χ1n) is 7.63. The summed E-state index contributed by atoms with van der Waals surface area (Å²) in [5.74, 6) is -1.31. The lowest BCUT2D eigenvalue weighted by Crippen LogP contribution is -2.44. The van der Waals surface area contributed by atoms with Gasteiger partial charge in [-0.1, -0.05) is 18.2 Å². The number of carbonyl (C=O) groups is 1. The summed E-state index contributed by atoms with van der Waals surface area (Å²) in [4.78, 5) is 36.5. The minimum atomic E-state index is -1.31. The van der Waals surface area contributed by atoms with E-state index in [0.29, 0.717) is 13.0 Å². The van der Waals surface area contributed by atoms with Crippen LogP contribution in [0.3, 0.4) is 0 Å². The molecule has 0 saturated heterocycles. The molecule has 3 rings (SSSR count). The van der Waals surface area contributed by atoms with Gasteiger partial charge in [-0.15, -0.1) is 0 Å². The molecule has 1 atom stereocenters. The second kappa shape index (κ2) is 5.53. The largest absolute Gasteiger partial charge is 0.477 e. The van der Waals surface area contributed by atoms with Crippen LogP contribution in [0, 0.1) is 6.92 Å². The van der Waals surface area contributed by atoms with Crippen molar-refractivity contribution in [3.8, 4) is 0 Å². The standard InChI is InChI=1S/C17H18N2O4/c1-3-18-9-13(16(21)22)15(20)19(17(18)23)14-8-7-11-10(2)5-4-6-12(11)14/h4-6,9,14H,3,7-8H2,1-2H3,(H,21,22). The van der Waals surface area contributed by atoms with Gasteiger partial charge in [0.1, 0.15) is 5.56 Å². The van der Waals surface area contributed by atoms with Gasteiger partial charge in [-0.05, 0) is 43.4 Å². The quantitative estimate of drug-likeness (QED) is 0.932. The van der Waals surface area contributed by atoms with Crippen LogP contribution in [0.4, 0.5) is 0 Å². The normalized spacial score (nSPS) is 16.3. The number of benzene rings is 1. The maximum absolute atomic E-state index is 12.6. The predicted octanol–water partition coefficient (Wildman–Crippen LogP) is 1.57. The van der Waals surface area contributed by atoms with Crippen LogP contribution in [0.5, 0.6) is 0 Å². The van der Waals surface area contributed by atoms with Gasteiger partial charge in [0.2, 0.25) is 0 Å². The van der Waals surface area contributed by atoms with Gasteiger partial charge in [0.05, 0.1) is 6.04 Å². The molecule has 1 unspecified atom stereocenters. The van der Waals surface area contributed by atoms with Gasteiger partial charge in [-0.25, -0.2) is 9.59 Å². The molecular weight excluding hydrogens is 296 g/mol. The van der Waals surface area contributed by atoms with Gasteiger partial charge in [0.15, 0.2) is 0 Å². The van der Waals surface area contributed by atoms with Gasteiger partial charge >= 0.3 is 11.7 Å². The number of carboxylic acids is 1. The summed E-state index contributed by atoms with van der Waals surface area (Å²) in [5.41, 5.74) is 1.66. The van der Waals surface area contributed by atoms with Crippen LogP contribution in [0.25, 0.3) is 0 Å². The van der Waals surface area contributed by atoms with Crippen LogP contribution in [0.2, 0.25) is 0 Å². The van der Waals surface area contributed by atoms with Gasteiger partial charge in [0.25, 0.3) is 5.56 Å². The van der Waals surface area contributed by atoms with E-state index in [1.165, 1.54) is 4.57 Å². The topological polar surface area (TPSA) is 81.3 Å². The Morgan fingerprint density at radius 2 is 2.09 bits per heavy atom. The fourth-order valence-electron chi connectivity index (χ4n) is 3.35. The summed E-state index contributed by atoms with van der Waals surface area (Å²) in [5, 5.41) is 9.25.